The minimum Gasteiger partial charge on any atom is -0.405 e. The average molecular weight is 314 g/mol. The summed E-state index contributed by atoms with van der Waals surface area (Å²) in [5.74, 6) is 5.55. The van der Waals surface area contributed by atoms with E-state index >= 15 is 0 Å². The van der Waals surface area contributed by atoms with E-state index in [1.165, 1.54) is 5.56 Å². The van der Waals surface area contributed by atoms with Crippen LogP contribution in [0.2, 0.25) is 0 Å². The van der Waals surface area contributed by atoms with E-state index < -0.39 is 0 Å². The molecule has 0 aliphatic rings. The monoisotopic (exact) mass is 314 g/mol. The van der Waals surface area contributed by atoms with Gasteiger partial charge in [-0.25, -0.2) is 0 Å². The number of nitrogens with one attached hydrogen (secondary N) is 1. The number of nitrogens with two attached hydrogens (primary N) is 3. The standard InChI is InChI=1S/C19H30N4/c1-5-17(14(3)23-22)18(10-11-20)15-8-7-9-16(12-15)19(4,6-2)13-21/h7-12,23H,3,5-6,13,20-22H2,1-2,4H3/b11-10-,18-17+. The van der Waals surface area contributed by atoms with Gasteiger partial charge in [-0.15, -0.1) is 0 Å². The van der Waals surface area contributed by atoms with Gasteiger partial charge in [-0.3, -0.25) is 5.84 Å². The number of benzene rings is 1. The topological polar surface area (TPSA) is 90.1 Å². The first-order chi connectivity index (χ1) is 11.0. The molecule has 23 heavy (non-hydrogen) atoms. The van der Waals surface area contributed by atoms with Crippen LogP contribution in [0.1, 0.15) is 44.7 Å². The Kier molecular flexibility index (Phi) is 7.07. The molecule has 0 aliphatic carbocycles. The summed E-state index contributed by atoms with van der Waals surface area (Å²) in [6.45, 7) is 11.0. The zero-order chi connectivity index (χ0) is 17.5. The molecule has 0 bridgehead atoms. The molecular weight excluding hydrogens is 284 g/mol. The third-order valence-electron chi connectivity index (χ3n) is 4.58. The molecular formula is C19H30N4. The van der Waals surface area contributed by atoms with Gasteiger partial charge in [-0.05, 0) is 47.4 Å². The lowest BCUT2D eigenvalue weighted by atomic mass is 9.79. The van der Waals surface area contributed by atoms with Crippen LogP contribution in [0, 0.1) is 0 Å². The van der Waals surface area contributed by atoms with Crippen molar-refractivity contribution in [1.29, 1.82) is 0 Å². The molecule has 4 nitrogen and oxygen atoms in total. The Bertz CT molecular complexity index is 595. The number of allylic oxidation sites excluding steroid dienone is 3. The average Bonchev–Trinajstić information content (AvgIpc) is 2.60. The zero-order valence-electron chi connectivity index (χ0n) is 14.5. The molecule has 126 valence electrons. The van der Waals surface area contributed by atoms with Crippen molar-refractivity contribution in [2.45, 2.75) is 39.0 Å². The molecule has 0 aliphatic heterocycles. The van der Waals surface area contributed by atoms with Gasteiger partial charge in [0.2, 0.25) is 0 Å². The molecule has 1 aromatic rings. The summed E-state index contributed by atoms with van der Waals surface area (Å²) in [4.78, 5) is 0. The molecule has 1 atom stereocenters. The quantitative estimate of drug-likeness (QED) is 0.337. The molecule has 0 spiro atoms. The molecule has 4 heteroatoms. The maximum atomic E-state index is 6.00. The number of hydrazine groups is 1. The number of hydrogen-bond acceptors (Lipinski definition) is 4. The zero-order valence-corrected chi connectivity index (χ0v) is 14.5. The van der Waals surface area contributed by atoms with Crippen LogP contribution in [-0.2, 0) is 5.41 Å². The fourth-order valence-corrected chi connectivity index (χ4v) is 2.65. The molecule has 0 radical (unpaired) electrons. The highest BCUT2D eigenvalue weighted by Gasteiger charge is 2.23. The molecule has 0 aromatic heterocycles. The van der Waals surface area contributed by atoms with E-state index in [1.807, 2.05) is 6.08 Å². The molecule has 0 amide bonds. The van der Waals surface area contributed by atoms with Crippen molar-refractivity contribution >= 4 is 5.57 Å². The molecule has 1 unspecified atom stereocenters. The van der Waals surface area contributed by atoms with Crippen LogP contribution in [-0.4, -0.2) is 6.54 Å². The molecule has 1 rings (SSSR count). The fraction of sp³-hybridized carbons (Fsp3) is 0.368. The minimum absolute atomic E-state index is 0.0386. The summed E-state index contributed by atoms with van der Waals surface area (Å²) in [7, 11) is 0. The Balaban J connectivity index is 3.52. The summed E-state index contributed by atoms with van der Waals surface area (Å²) in [6.07, 6.45) is 5.22. The third kappa shape index (κ3) is 4.24. The summed E-state index contributed by atoms with van der Waals surface area (Å²) < 4.78 is 0. The Hall–Kier alpha value is -2.04. The van der Waals surface area contributed by atoms with Gasteiger partial charge >= 0.3 is 0 Å². The minimum atomic E-state index is -0.0386. The Labute approximate surface area is 140 Å². The van der Waals surface area contributed by atoms with Crippen LogP contribution < -0.4 is 22.7 Å². The Morgan fingerprint density at radius 2 is 2.04 bits per heavy atom. The summed E-state index contributed by atoms with van der Waals surface area (Å²) in [5.41, 5.74) is 19.3. The highest BCUT2D eigenvalue weighted by atomic mass is 15.2. The van der Waals surface area contributed by atoms with Crippen molar-refractivity contribution in [3.05, 3.63) is 65.5 Å². The van der Waals surface area contributed by atoms with Crippen LogP contribution in [0.5, 0.6) is 0 Å². The highest BCUT2D eigenvalue weighted by molar-refractivity contribution is 5.79. The lowest BCUT2D eigenvalue weighted by Gasteiger charge is -2.28. The molecule has 1 aromatic carbocycles. The second kappa shape index (κ2) is 8.56. The first-order valence-electron chi connectivity index (χ1n) is 8.05. The maximum absolute atomic E-state index is 6.00. The Morgan fingerprint density at radius 1 is 1.35 bits per heavy atom. The van der Waals surface area contributed by atoms with Gasteiger partial charge in [-0.2, -0.15) is 0 Å². The fourth-order valence-electron chi connectivity index (χ4n) is 2.65. The van der Waals surface area contributed by atoms with Crippen LogP contribution >= 0.6 is 0 Å². The molecule has 0 saturated heterocycles. The van der Waals surface area contributed by atoms with Gasteiger partial charge < -0.3 is 16.9 Å². The Morgan fingerprint density at radius 3 is 2.52 bits per heavy atom. The van der Waals surface area contributed by atoms with Gasteiger partial charge in [0.25, 0.3) is 0 Å². The summed E-state index contributed by atoms with van der Waals surface area (Å²) in [5, 5.41) is 0. The van der Waals surface area contributed by atoms with E-state index in [-0.39, 0.29) is 5.41 Å². The first kappa shape index (κ1) is 19.0. The lowest BCUT2D eigenvalue weighted by Crippen LogP contribution is -2.31. The van der Waals surface area contributed by atoms with Gasteiger partial charge in [0.1, 0.15) is 0 Å². The third-order valence-corrected chi connectivity index (χ3v) is 4.58. The van der Waals surface area contributed by atoms with E-state index in [4.69, 9.17) is 17.3 Å². The lowest BCUT2D eigenvalue weighted by molar-refractivity contribution is 0.467. The van der Waals surface area contributed by atoms with E-state index in [0.717, 1.165) is 29.6 Å². The van der Waals surface area contributed by atoms with Gasteiger partial charge in [0.05, 0.1) is 0 Å². The second-order valence-corrected chi connectivity index (χ2v) is 5.93. The van der Waals surface area contributed by atoms with E-state index in [1.54, 1.807) is 6.20 Å². The SMILES string of the molecule is C=C(NN)/C(CC)=C(\C=C/N)c1cccc(C(C)(CC)CN)c1. The normalized spacial score (nSPS) is 15.2. The van der Waals surface area contributed by atoms with Crippen LogP contribution in [0.4, 0.5) is 0 Å². The van der Waals surface area contributed by atoms with Gasteiger partial charge in [-0.1, -0.05) is 51.6 Å². The van der Waals surface area contributed by atoms with Crippen molar-refractivity contribution in [3.8, 4) is 0 Å². The molecule has 7 N–H and O–H groups in total. The first-order valence-corrected chi connectivity index (χ1v) is 8.05. The van der Waals surface area contributed by atoms with Crippen LogP contribution in [0.25, 0.3) is 5.57 Å². The van der Waals surface area contributed by atoms with Crippen molar-refractivity contribution < 1.29 is 0 Å². The molecule has 0 heterocycles. The summed E-state index contributed by atoms with van der Waals surface area (Å²) in [6, 6.07) is 8.45. The smallest absolute Gasteiger partial charge is 0.0451 e. The van der Waals surface area contributed by atoms with E-state index in [9.17, 15) is 0 Å². The molecule has 0 saturated carbocycles. The molecule has 0 fully saturated rings. The van der Waals surface area contributed by atoms with E-state index in [2.05, 4.69) is 57.0 Å². The maximum Gasteiger partial charge on any atom is 0.0451 e. The van der Waals surface area contributed by atoms with Gasteiger partial charge in [0, 0.05) is 17.7 Å². The summed E-state index contributed by atoms with van der Waals surface area (Å²) >= 11 is 0. The highest BCUT2D eigenvalue weighted by Crippen LogP contribution is 2.31. The van der Waals surface area contributed by atoms with E-state index in [0.29, 0.717) is 12.2 Å². The van der Waals surface area contributed by atoms with Crippen LogP contribution in [0.15, 0.2) is 54.4 Å². The second-order valence-electron chi connectivity index (χ2n) is 5.93. The van der Waals surface area contributed by atoms with Crippen molar-refractivity contribution in [1.82, 2.24) is 5.43 Å². The van der Waals surface area contributed by atoms with Crippen LogP contribution in [0.3, 0.4) is 0 Å². The number of rotatable bonds is 8. The number of hydrogen-bond donors (Lipinski definition) is 4. The predicted molar refractivity (Wildman–Crippen MR) is 100 cm³/mol. The largest absolute Gasteiger partial charge is 0.405 e. The predicted octanol–water partition coefficient (Wildman–Crippen LogP) is 2.93. The van der Waals surface area contributed by atoms with Crippen molar-refractivity contribution in [2.24, 2.45) is 17.3 Å². The van der Waals surface area contributed by atoms with Gasteiger partial charge in [0.15, 0.2) is 0 Å². The van der Waals surface area contributed by atoms with Crippen molar-refractivity contribution in [2.75, 3.05) is 6.54 Å². The van der Waals surface area contributed by atoms with Crippen molar-refractivity contribution in [3.63, 3.8) is 0 Å².